The van der Waals surface area contributed by atoms with Gasteiger partial charge in [-0.2, -0.15) is 0 Å². The Hall–Kier alpha value is -0.570. The van der Waals surface area contributed by atoms with Gasteiger partial charge in [-0.15, -0.1) is 0 Å². The molecule has 1 aliphatic rings. The van der Waals surface area contributed by atoms with Crippen molar-refractivity contribution in [1.82, 2.24) is 10.4 Å². The first-order chi connectivity index (χ1) is 6.31. The van der Waals surface area contributed by atoms with Gasteiger partial charge in [0.15, 0.2) is 0 Å². The molecular formula is C11H22N2O. The second-order valence-corrected chi connectivity index (χ2v) is 5.31. The van der Waals surface area contributed by atoms with E-state index in [9.17, 15) is 4.79 Å². The van der Waals surface area contributed by atoms with Crippen LogP contribution in [0.15, 0.2) is 0 Å². The number of hydrogen-bond donors (Lipinski definition) is 1. The summed E-state index contributed by atoms with van der Waals surface area (Å²) in [6, 6.07) is 0. The van der Waals surface area contributed by atoms with Gasteiger partial charge in [0, 0.05) is 18.5 Å². The Balaban J connectivity index is 2.89. The van der Waals surface area contributed by atoms with E-state index in [-0.39, 0.29) is 16.9 Å². The molecule has 1 saturated heterocycles. The van der Waals surface area contributed by atoms with E-state index < -0.39 is 0 Å². The average Bonchev–Trinajstić information content (AvgIpc) is 2.00. The number of rotatable bonds is 2. The first-order valence-electron chi connectivity index (χ1n) is 5.38. The average molecular weight is 198 g/mol. The van der Waals surface area contributed by atoms with Crippen LogP contribution in [-0.2, 0) is 4.79 Å². The van der Waals surface area contributed by atoms with Crippen molar-refractivity contribution in [3.8, 4) is 0 Å². The van der Waals surface area contributed by atoms with Crippen molar-refractivity contribution in [2.75, 3.05) is 6.54 Å². The molecule has 0 unspecified atom stereocenters. The maximum atomic E-state index is 11.5. The molecule has 0 aromatic rings. The Kier molecular flexibility index (Phi) is 2.91. The summed E-state index contributed by atoms with van der Waals surface area (Å²) in [7, 11) is 0. The Morgan fingerprint density at radius 1 is 1.36 bits per heavy atom. The minimum absolute atomic E-state index is 0.0247. The molecule has 0 aromatic heterocycles. The molecular weight excluding hydrogens is 176 g/mol. The first-order valence-corrected chi connectivity index (χ1v) is 5.38. The van der Waals surface area contributed by atoms with Gasteiger partial charge in [0.1, 0.15) is 0 Å². The van der Waals surface area contributed by atoms with Crippen molar-refractivity contribution in [2.24, 2.45) is 5.41 Å². The molecule has 82 valence electrons. The number of hydrazine groups is 1. The van der Waals surface area contributed by atoms with Gasteiger partial charge in [0.2, 0.25) is 5.91 Å². The summed E-state index contributed by atoms with van der Waals surface area (Å²) >= 11 is 0. The summed E-state index contributed by atoms with van der Waals surface area (Å²) < 4.78 is 0. The van der Waals surface area contributed by atoms with Gasteiger partial charge in [-0.25, -0.2) is 5.01 Å². The van der Waals surface area contributed by atoms with Crippen molar-refractivity contribution in [3.63, 3.8) is 0 Å². The van der Waals surface area contributed by atoms with Gasteiger partial charge in [-0.05, 0) is 25.7 Å². The van der Waals surface area contributed by atoms with E-state index in [0.29, 0.717) is 6.42 Å². The lowest BCUT2D eigenvalue weighted by Crippen LogP contribution is -2.66. The molecule has 0 aromatic carbocycles. The molecule has 14 heavy (non-hydrogen) atoms. The molecule has 3 nitrogen and oxygen atoms in total. The molecule has 0 spiro atoms. The number of carbonyl (C=O) groups excluding carboxylic acids is 1. The third-order valence-corrected chi connectivity index (χ3v) is 3.64. The maximum Gasteiger partial charge on any atom is 0.234 e. The molecule has 1 rings (SSSR count). The van der Waals surface area contributed by atoms with Crippen LogP contribution in [0, 0.1) is 5.41 Å². The summed E-state index contributed by atoms with van der Waals surface area (Å²) in [6.07, 6.45) is 1.67. The van der Waals surface area contributed by atoms with Crippen LogP contribution in [0.5, 0.6) is 0 Å². The summed E-state index contributed by atoms with van der Waals surface area (Å²) in [4.78, 5) is 11.5. The quantitative estimate of drug-likeness (QED) is 0.735. The largest absolute Gasteiger partial charge is 0.288 e. The topological polar surface area (TPSA) is 32.3 Å². The van der Waals surface area contributed by atoms with Crippen LogP contribution in [0.3, 0.4) is 0 Å². The first kappa shape index (κ1) is 11.5. The summed E-state index contributed by atoms with van der Waals surface area (Å²) in [5.74, 6) is 0.141. The molecule has 1 fully saturated rings. The minimum atomic E-state index is 0.0247. The van der Waals surface area contributed by atoms with E-state index in [1.54, 1.807) is 0 Å². The van der Waals surface area contributed by atoms with Gasteiger partial charge in [0.25, 0.3) is 0 Å². The molecule has 1 amide bonds. The molecule has 1 N–H and O–H groups in total. The third-order valence-electron chi connectivity index (χ3n) is 3.64. The normalized spacial score (nSPS) is 25.9. The van der Waals surface area contributed by atoms with E-state index in [1.165, 1.54) is 0 Å². The zero-order chi connectivity index (χ0) is 11.0. The van der Waals surface area contributed by atoms with Crippen molar-refractivity contribution < 1.29 is 4.79 Å². The van der Waals surface area contributed by atoms with Gasteiger partial charge in [0.05, 0.1) is 0 Å². The fraction of sp³-hybridized carbons (Fsp3) is 0.909. The summed E-state index contributed by atoms with van der Waals surface area (Å²) in [5.41, 5.74) is 3.01. The molecule has 1 aliphatic heterocycles. The number of nitrogens with zero attached hydrogens (tertiary/aromatic N) is 1. The zero-order valence-electron chi connectivity index (χ0n) is 9.98. The van der Waals surface area contributed by atoms with E-state index in [1.807, 2.05) is 0 Å². The number of nitrogens with one attached hydrogen (secondary N) is 1. The van der Waals surface area contributed by atoms with Gasteiger partial charge in [-0.3, -0.25) is 10.2 Å². The molecule has 0 bridgehead atoms. The SMILES string of the molecule is CCCN1NC(=O)CC(C)(C)C1(C)C. The Bertz CT molecular complexity index is 233. The lowest BCUT2D eigenvalue weighted by Gasteiger charge is -2.52. The third kappa shape index (κ3) is 1.78. The molecule has 0 saturated carbocycles. The predicted octanol–water partition coefficient (Wildman–Crippen LogP) is 1.94. The molecule has 1 heterocycles. The molecule has 0 atom stereocenters. The second kappa shape index (κ2) is 3.54. The van der Waals surface area contributed by atoms with E-state index in [0.717, 1.165) is 13.0 Å². The molecule has 0 aliphatic carbocycles. The highest BCUT2D eigenvalue weighted by Gasteiger charge is 2.46. The zero-order valence-corrected chi connectivity index (χ0v) is 9.98. The fourth-order valence-corrected chi connectivity index (χ4v) is 1.87. The van der Waals surface area contributed by atoms with Crippen LogP contribution in [0.4, 0.5) is 0 Å². The summed E-state index contributed by atoms with van der Waals surface area (Å²) in [6.45, 7) is 11.8. The Morgan fingerprint density at radius 2 is 1.93 bits per heavy atom. The highest BCUT2D eigenvalue weighted by Crippen LogP contribution is 2.40. The highest BCUT2D eigenvalue weighted by atomic mass is 16.2. The van der Waals surface area contributed by atoms with Crippen LogP contribution in [-0.4, -0.2) is 23.0 Å². The smallest absolute Gasteiger partial charge is 0.234 e. The monoisotopic (exact) mass is 198 g/mol. The Morgan fingerprint density at radius 3 is 2.43 bits per heavy atom. The molecule has 3 heteroatoms. The number of amides is 1. The standard InChI is InChI=1S/C11H22N2O/c1-6-7-13-11(4,5)10(2,3)8-9(14)12-13/h6-8H2,1-5H3,(H,12,14). The fourth-order valence-electron chi connectivity index (χ4n) is 1.87. The van der Waals surface area contributed by atoms with Gasteiger partial charge >= 0.3 is 0 Å². The van der Waals surface area contributed by atoms with Gasteiger partial charge in [-0.1, -0.05) is 20.8 Å². The van der Waals surface area contributed by atoms with E-state index >= 15 is 0 Å². The van der Waals surface area contributed by atoms with E-state index in [4.69, 9.17) is 0 Å². The van der Waals surface area contributed by atoms with E-state index in [2.05, 4.69) is 45.1 Å². The lowest BCUT2D eigenvalue weighted by molar-refractivity contribution is -0.148. The van der Waals surface area contributed by atoms with Crippen molar-refractivity contribution >= 4 is 5.91 Å². The number of hydrogen-bond acceptors (Lipinski definition) is 2. The molecule has 0 radical (unpaired) electrons. The maximum absolute atomic E-state index is 11.5. The van der Waals surface area contributed by atoms with Crippen LogP contribution < -0.4 is 5.43 Å². The predicted molar refractivity (Wildman–Crippen MR) is 57.6 cm³/mol. The lowest BCUT2D eigenvalue weighted by atomic mass is 9.70. The van der Waals surface area contributed by atoms with Crippen molar-refractivity contribution in [3.05, 3.63) is 0 Å². The van der Waals surface area contributed by atoms with Crippen LogP contribution in [0.2, 0.25) is 0 Å². The van der Waals surface area contributed by atoms with Crippen LogP contribution in [0.1, 0.15) is 47.5 Å². The van der Waals surface area contributed by atoms with Crippen molar-refractivity contribution in [2.45, 2.75) is 53.0 Å². The van der Waals surface area contributed by atoms with Crippen LogP contribution in [0.25, 0.3) is 0 Å². The Labute approximate surface area is 86.8 Å². The second-order valence-electron chi connectivity index (χ2n) is 5.31. The minimum Gasteiger partial charge on any atom is -0.288 e. The summed E-state index contributed by atoms with van der Waals surface area (Å²) in [5, 5.41) is 2.08. The van der Waals surface area contributed by atoms with Crippen molar-refractivity contribution in [1.29, 1.82) is 0 Å². The van der Waals surface area contributed by atoms with Crippen LogP contribution >= 0.6 is 0 Å². The number of carbonyl (C=O) groups is 1. The highest BCUT2D eigenvalue weighted by molar-refractivity contribution is 5.77. The van der Waals surface area contributed by atoms with Gasteiger partial charge < -0.3 is 0 Å².